The van der Waals surface area contributed by atoms with Crippen LogP contribution in [0.1, 0.15) is 10.4 Å². The maximum atomic E-state index is 11.5. The molecule has 0 aliphatic carbocycles. The Bertz CT molecular complexity index is 498. The van der Waals surface area contributed by atoms with E-state index in [4.69, 9.17) is 9.84 Å². The minimum atomic E-state index is -3.67. The molecule has 0 aromatic heterocycles. The van der Waals surface area contributed by atoms with Crippen LogP contribution < -0.4 is 9.44 Å². The van der Waals surface area contributed by atoms with Crippen LogP contribution in [-0.4, -0.2) is 39.8 Å². The Kier molecular flexibility index (Phi) is 5.08. The molecule has 0 bridgehead atoms. The second-order valence-corrected chi connectivity index (χ2v) is 4.87. The second-order valence-electron chi connectivity index (χ2n) is 3.38. The molecular weight excluding hydrogens is 260 g/mol. The predicted octanol–water partition coefficient (Wildman–Crippen LogP) is 0.277. The topological polar surface area (TPSA) is 105 Å². The normalized spacial score (nSPS) is 11.2. The molecule has 7 nitrogen and oxygen atoms in total. The number of ether oxygens (including phenoxy) is 1. The van der Waals surface area contributed by atoms with Crippen molar-refractivity contribution < 1.29 is 23.1 Å². The lowest BCUT2D eigenvalue weighted by Gasteiger charge is -2.09. The number of hydrogen-bond donors (Lipinski definition) is 3. The van der Waals surface area contributed by atoms with Gasteiger partial charge >= 0.3 is 5.97 Å². The molecule has 0 amide bonds. The second kappa shape index (κ2) is 6.34. The predicted molar refractivity (Wildman–Crippen MR) is 65.8 cm³/mol. The van der Waals surface area contributed by atoms with Crippen molar-refractivity contribution in [3.8, 4) is 0 Å². The molecule has 0 aliphatic rings. The molecule has 100 valence electrons. The maximum absolute atomic E-state index is 11.5. The highest BCUT2D eigenvalue weighted by Gasteiger charge is 2.09. The minimum absolute atomic E-state index is 0.0882. The van der Waals surface area contributed by atoms with Gasteiger partial charge in [-0.2, -0.15) is 13.1 Å². The summed E-state index contributed by atoms with van der Waals surface area (Å²) in [6.07, 6.45) is 0. The number of aromatic carboxylic acids is 1. The Labute approximate surface area is 105 Å². The van der Waals surface area contributed by atoms with Crippen molar-refractivity contribution in [2.75, 3.05) is 25.0 Å². The first-order valence-electron chi connectivity index (χ1n) is 5.04. The third-order valence-electron chi connectivity index (χ3n) is 1.98. The van der Waals surface area contributed by atoms with Crippen LogP contribution in [0.3, 0.4) is 0 Å². The molecule has 1 rings (SSSR count). The van der Waals surface area contributed by atoms with E-state index in [0.29, 0.717) is 0 Å². The van der Waals surface area contributed by atoms with Gasteiger partial charge in [-0.1, -0.05) is 0 Å². The highest BCUT2D eigenvalue weighted by Crippen LogP contribution is 2.10. The maximum Gasteiger partial charge on any atom is 0.335 e. The van der Waals surface area contributed by atoms with Crippen LogP contribution in [0.2, 0.25) is 0 Å². The number of anilines is 1. The van der Waals surface area contributed by atoms with Crippen LogP contribution in [-0.2, 0) is 14.9 Å². The molecule has 0 saturated carbocycles. The fourth-order valence-corrected chi connectivity index (χ4v) is 2.02. The minimum Gasteiger partial charge on any atom is -0.478 e. The summed E-state index contributed by atoms with van der Waals surface area (Å²) in [5.41, 5.74) is 0.371. The third kappa shape index (κ3) is 4.70. The van der Waals surface area contributed by atoms with Crippen molar-refractivity contribution in [1.82, 2.24) is 4.72 Å². The van der Waals surface area contributed by atoms with E-state index < -0.39 is 16.2 Å². The molecule has 18 heavy (non-hydrogen) atoms. The van der Waals surface area contributed by atoms with Crippen molar-refractivity contribution in [3.63, 3.8) is 0 Å². The molecule has 0 atom stereocenters. The number of hydrogen-bond acceptors (Lipinski definition) is 4. The molecule has 8 heteroatoms. The zero-order valence-electron chi connectivity index (χ0n) is 9.71. The van der Waals surface area contributed by atoms with Gasteiger partial charge in [-0.25, -0.2) is 4.79 Å². The Hall–Kier alpha value is -1.64. The van der Waals surface area contributed by atoms with E-state index in [-0.39, 0.29) is 24.4 Å². The van der Waals surface area contributed by atoms with Crippen molar-refractivity contribution in [3.05, 3.63) is 29.8 Å². The molecule has 0 spiro atoms. The SMILES string of the molecule is COCCNS(=O)(=O)Nc1ccc(C(=O)O)cc1. The third-order valence-corrected chi connectivity index (χ3v) is 3.07. The van der Waals surface area contributed by atoms with Gasteiger partial charge < -0.3 is 9.84 Å². The molecule has 0 unspecified atom stereocenters. The molecule has 0 heterocycles. The van der Waals surface area contributed by atoms with Crippen LogP contribution in [0.5, 0.6) is 0 Å². The molecule has 1 aromatic rings. The van der Waals surface area contributed by atoms with Crippen LogP contribution >= 0.6 is 0 Å². The smallest absolute Gasteiger partial charge is 0.335 e. The first-order valence-corrected chi connectivity index (χ1v) is 6.52. The van der Waals surface area contributed by atoms with Crippen molar-refractivity contribution >= 4 is 21.9 Å². The average Bonchev–Trinajstić information content (AvgIpc) is 2.29. The van der Waals surface area contributed by atoms with Gasteiger partial charge in [0.1, 0.15) is 0 Å². The summed E-state index contributed by atoms with van der Waals surface area (Å²) in [6.45, 7) is 0.415. The number of methoxy groups -OCH3 is 1. The zero-order chi connectivity index (χ0) is 13.6. The number of rotatable bonds is 7. The van der Waals surface area contributed by atoms with E-state index in [0.717, 1.165) is 0 Å². The van der Waals surface area contributed by atoms with E-state index in [1.807, 2.05) is 0 Å². The molecule has 0 radical (unpaired) electrons. The van der Waals surface area contributed by atoms with Crippen LogP contribution in [0.4, 0.5) is 5.69 Å². The van der Waals surface area contributed by atoms with E-state index in [1.54, 1.807) is 0 Å². The number of carbonyl (C=O) groups is 1. The van der Waals surface area contributed by atoms with Crippen LogP contribution in [0.25, 0.3) is 0 Å². The number of benzene rings is 1. The highest BCUT2D eigenvalue weighted by molar-refractivity contribution is 7.90. The van der Waals surface area contributed by atoms with Crippen molar-refractivity contribution in [1.29, 1.82) is 0 Å². The van der Waals surface area contributed by atoms with Gasteiger partial charge in [0.2, 0.25) is 0 Å². The lowest BCUT2D eigenvalue weighted by molar-refractivity contribution is 0.0697. The van der Waals surface area contributed by atoms with E-state index in [9.17, 15) is 13.2 Å². The van der Waals surface area contributed by atoms with Crippen LogP contribution in [0, 0.1) is 0 Å². The monoisotopic (exact) mass is 274 g/mol. The van der Waals surface area contributed by atoms with E-state index in [2.05, 4.69) is 9.44 Å². The van der Waals surface area contributed by atoms with Crippen LogP contribution in [0.15, 0.2) is 24.3 Å². The Morgan fingerprint density at radius 2 is 1.94 bits per heavy atom. The van der Waals surface area contributed by atoms with Gasteiger partial charge in [-0.3, -0.25) is 4.72 Å². The quantitative estimate of drug-likeness (QED) is 0.619. The summed E-state index contributed by atoms with van der Waals surface area (Å²) in [6, 6.07) is 5.38. The van der Waals surface area contributed by atoms with E-state index >= 15 is 0 Å². The highest BCUT2D eigenvalue weighted by atomic mass is 32.2. The van der Waals surface area contributed by atoms with Gasteiger partial charge in [0.25, 0.3) is 10.2 Å². The summed E-state index contributed by atoms with van der Waals surface area (Å²) in [5.74, 6) is -1.07. The fourth-order valence-electron chi connectivity index (χ4n) is 1.15. The summed E-state index contributed by atoms with van der Waals surface area (Å²) >= 11 is 0. The molecule has 0 saturated heterocycles. The van der Waals surface area contributed by atoms with E-state index in [1.165, 1.54) is 31.4 Å². The van der Waals surface area contributed by atoms with Gasteiger partial charge in [0.15, 0.2) is 0 Å². The standard InChI is InChI=1S/C10H14N2O5S/c1-17-7-6-11-18(15,16)12-9-4-2-8(3-5-9)10(13)14/h2-5,11-12H,6-7H2,1H3,(H,13,14). The summed E-state index contributed by atoms with van der Waals surface area (Å²) < 4.78 is 32.2. The van der Waals surface area contributed by atoms with Gasteiger partial charge in [-0.15, -0.1) is 0 Å². The number of nitrogens with one attached hydrogen (secondary N) is 2. The number of carboxylic acids is 1. The lowest BCUT2D eigenvalue weighted by Crippen LogP contribution is -2.32. The first-order chi connectivity index (χ1) is 8.44. The Morgan fingerprint density at radius 3 is 2.44 bits per heavy atom. The molecule has 3 N–H and O–H groups in total. The Morgan fingerprint density at radius 1 is 1.33 bits per heavy atom. The van der Waals surface area contributed by atoms with Gasteiger partial charge in [-0.05, 0) is 24.3 Å². The molecule has 0 fully saturated rings. The Balaban J connectivity index is 2.63. The summed E-state index contributed by atoms with van der Waals surface area (Å²) in [5, 5.41) is 8.69. The molecule has 1 aromatic carbocycles. The molecular formula is C10H14N2O5S. The zero-order valence-corrected chi connectivity index (χ0v) is 10.5. The summed E-state index contributed by atoms with van der Waals surface area (Å²) in [4.78, 5) is 10.6. The van der Waals surface area contributed by atoms with Gasteiger partial charge in [0.05, 0.1) is 12.2 Å². The summed E-state index contributed by atoms with van der Waals surface area (Å²) in [7, 11) is -2.20. The average molecular weight is 274 g/mol. The van der Waals surface area contributed by atoms with Crippen molar-refractivity contribution in [2.45, 2.75) is 0 Å². The fraction of sp³-hybridized carbons (Fsp3) is 0.300. The van der Waals surface area contributed by atoms with Crippen molar-refractivity contribution in [2.24, 2.45) is 0 Å². The van der Waals surface area contributed by atoms with Gasteiger partial charge in [0, 0.05) is 19.3 Å². The largest absolute Gasteiger partial charge is 0.478 e. The first kappa shape index (κ1) is 14.4. The number of carboxylic acid groups (broad SMARTS) is 1. The molecule has 0 aliphatic heterocycles. The lowest BCUT2D eigenvalue weighted by atomic mass is 10.2.